The molecule has 0 unspecified atom stereocenters. The molecule has 0 spiro atoms. The molecular formula is C8H9ClN2O. The van der Waals surface area contributed by atoms with E-state index < -0.39 is 0 Å². The normalized spacial score (nSPS) is 9.58. The predicted molar refractivity (Wildman–Crippen MR) is 48.9 cm³/mol. The van der Waals surface area contributed by atoms with Gasteiger partial charge in [-0.3, -0.25) is 4.79 Å². The number of nitrogens with one attached hydrogen (secondary N) is 1. The SMILES string of the molecule is CNc1cc(C)nc(Cl)c1C=O. The number of aromatic nitrogens is 1. The lowest BCUT2D eigenvalue weighted by Gasteiger charge is -2.05. The molecule has 1 aromatic rings. The number of carbonyl (C=O) groups excluding carboxylic acids is 1. The second-order valence-electron chi connectivity index (χ2n) is 2.38. The highest BCUT2D eigenvalue weighted by Crippen LogP contribution is 2.21. The van der Waals surface area contributed by atoms with E-state index in [2.05, 4.69) is 10.3 Å². The van der Waals surface area contributed by atoms with Crippen LogP contribution in [0.1, 0.15) is 16.1 Å². The summed E-state index contributed by atoms with van der Waals surface area (Å²) in [5.41, 5.74) is 1.90. The van der Waals surface area contributed by atoms with Crippen molar-refractivity contribution < 1.29 is 4.79 Å². The Morgan fingerprint density at radius 2 is 2.33 bits per heavy atom. The lowest BCUT2D eigenvalue weighted by atomic mass is 10.2. The molecule has 0 aromatic carbocycles. The zero-order valence-electron chi connectivity index (χ0n) is 6.89. The number of hydrogen-bond donors (Lipinski definition) is 1. The first-order valence-electron chi connectivity index (χ1n) is 3.49. The summed E-state index contributed by atoms with van der Waals surface area (Å²) in [6.45, 7) is 1.82. The van der Waals surface area contributed by atoms with Crippen LogP contribution in [0, 0.1) is 6.92 Å². The van der Waals surface area contributed by atoms with E-state index in [0.29, 0.717) is 17.5 Å². The lowest BCUT2D eigenvalue weighted by molar-refractivity contribution is 0.112. The average Bonchev–Trinajstić information content (AvgIpc) is 2.03. The molecule has 0 bridgehead atoms. The van der Waals surface area contributed by atoms with Gasteiger partial charge < -0.3 is 5.32 Å². The molecule has 0 saturated carbocycles. The van der Waals surface area contributed by atoms with E-state index in [1.165, 1.54) is 0 Å². The average molecular weight is 185 g/mol. The van der Waals surface area contributed by atoms with Crippen molar-refractivity contribution in [2.75, 3.05) is 12.4 Å². The largest absolute Gasteiger partial charge is 0.387 e. The van der Waals surface area contributed by atoms with Gasteiger partial charge in [-0.05, 0) is 13.0 Å². The van der Waals surface area contributed by atoms with E-state index in [0.717, 1.165) is 5.69 Å². The van der Waals surface area contributed by atoms with Crippen molar-refractivity contribution in [2.24, 2.45) is 0 Å². The molecule has 0 saturated heterocycles. The molecule has 0 amide bonds. The van der Waals surface area contributed by atoms with Gasteiger partial charge in [0.25, 0.3) is 0 Å². The molecule has 0 atom stereocenters. The molecule has 0 aliphatic rings. The van der Waals surface area contributed by atoms with Gasteiger partial charge in [0.1, 0.15) is 5.15 Å². The standard InChI is InChI=1S/C8H9ClN2O/c1-5-3-7(10-2)6(4-12)8(9)11-5/h3-4H,1-2H3,(H,10,11). The number of pyridine rings is 1. The summed E-state index contributed by atoms with van der Waals surface area (Å²) in [5, 5.41) is 3.12. The van der Waals surface area contributed by atoms with Gasteiger partial charge in [-0.25, -0.2) is 4.98 Å². The topological polar surface area (TPSA) is 42.0 Å². The van der Waals surface area contributed by atoms with E-state index in [1.54, 1.807) is 13.1 Å². The van der Waals surface area contributed by atoms with Crippen molar-refractivity contribution >= 4 is 23.6 Å². The molecule has 4 heteroatoms. The predicted octanol–water partition coefficient (Wildman–Crippen LogP) is 1.90. The van der Waals surface area contributed by atoms with Crippen molar-refractivity contribution in [1.82, 2.24) is 4.98 Å². The number of hydrogen-bond acceptors (Lipinski definition) is 3. The Bertz CT molecular complexity index is 312. The van der Waals surface area contributed by atoms with Crippen LogP contribution in [0.25, 0.3) is 0 Å². The quantitative estimate of drug-likeness (QED) is 0.564. The van der Waals surface area contributed by atoms with Crippen molar-refractivity contribution in [3.8, 4) is 0 Å². The Hall–Kier alpha value is -1.09. The van der Waals surface area contributed by atoms with Crippen LogP contribution < -0.4 is 5.32 Å². The van der Waals surface area contributed by atoms with Crippen LogP contribution in [0.4, 0.5) is 5.69 Å². The minimum absolute atomic E-state index is 0.245. The van der Waals surface area contributed by atoms with Crippen LogP contribution in [0.5, 0.6) is 0 Å². The first-order valence-corrected chi connectivity index (χ1v) is 3.87. The highest BCUT2D eigenvalue weighted by Gasteiger charge is 2.06. The van der Waals surface area contributed by atoms with Crippen LogP contribution >= 0.6 is 11.6 Å². The molecule has 0 aliphatic carbocycles. The van der Waals surface area contributed by atoms with Gasteiger partial charge in [0.15, 0.2) is 6.29 Å². The maximum Gasteiger partial charge on any atom is 0.155 e. The molecule has 12 heavy (non-hydrogen) atoms. The molecular weight excluding hydrogens is 176 g/mol. The van der Waals surface area contributed by atoms with E-state index in [-0.39, 0.29) is 5.15 Å². The highest BCUT2D eigenvalue weighted by atomic mass is 35.5. The van der Waals surface area contributed by atoms with Crippen LogP contribution in [0.15, 0.2) is 6.07 Å². The van der Waals surface area contributed by atoms with Crippen molar-refractivity contribution in [3.05, 3.63) is 22.5 Å². The molecule has 3 nitrogen and oxygen atoms in total. The van der Waals surface area contributed by atoms with Crippen LogP contribution in [-0.2, 0) is 0 Å². The third-order valence-electron chi connectivity index (χ3n) is 1.53. The smallest absolute Gasteiger partial charge is 0.155 e. The summed E-state index contributed by atoms with van der Waals surface area (Å²) in [6, 6.07) is 1.77. The molecule has 64 valence electrons. The number of anilines is 1. The summed E-state index contributed by atoms with van der Waals surface area (Å²) in [4.78, 5) is 14.5. The number of aryl methyl sites for hydroxylation is 1. The Morgan fingerprint density at radius 3 is 2.83 bits per heavy atom. The molecule has 0 aliphatic heterocycles. The zero-order chi connectivity index (χ0) is 9.14. The monoisotopic (exact) mass is 184 g/mol. The van der Waals surface area contributed by atoms with Crippen LogP contribution in [0.3, 0.4) is 0 Å². The first-order chi connectivity index (χ1) is 5.69. The van der Waals surface area contributed by atoms with Crippen molar-refractivity contribution in [2.45, 2.75) is 6.92 Å². The number of aldehydes is 1. The fourth-order valence-corrected chi connectivity index (χ4v) is 1.24. The fourth-order valence-electron chi connectivity index (χ4n) is 0.964. The van der Waals surface area contributed by atoms with E-state index in [1.807, 2.05) is 6.92 Å². The highest BCUT2D eigenvalue weighted by molar-refractivity contribution is 6.32. The van der Waals surface area contributed by atoms with Crippen LogP contribution in [0.2, 0.25) is 5.15 Å². The summed E-state index contributed by atoms with van der Waals surface area (Å²) in [7, 11) is 1.73. The van der Waals surface area contributed by atoms with Gasteiger partial charge in [-0.1, -0.05) is 11.6 Å². The molecule has 0 radical (unpaired) electrons. The molecule has 0 fully saturated rings. The number of carbonyl (C=O) groups is 1. The van der Waals surface area contributed by atoms with Crippen molar-refractivity contribution in [3.63, 3.8) is 0 Å². The van der Waals surface area contributed by atoms with E-state index in [9.17, 15) is 4.79 Å². The Morgan fingerprint density at radius 1 is 1.67 bits per heavy atom. The summed E-state index contributed by atoms with van der Waals surface area (Å²) >= 11 is 5.73. The van der Waals surface area contributed by atoms with Gasteiger partial charge in [0.2, 0.25) is 0 Å². The lowest BCUT2D eigenvalue weighted by Crippen LogP contribution is -1.98. The summed E-state index contributed by atoms with van der Waals surface area (Å²) in [6.07, 6.45) is 0.695. The van der Waals surface area contributed by atoms with Gasteiger partial charge >= 0.3 is 0 Å². The second kappa shape index (κ2) is 3.54. The van der Waals surface area contributed by atoms with Gasteiger partial charge in [0, 0.05) is 18.4 Å². The van der Waals surface area contributed by atoms with E-state index in [4.69, 9.17) is 11.6 Å². The maximum atomic E-state index is 10.6. The minimum Gasteiger partial charge on any atom is -0.387 e. The number of nitrogens with zero attached hydrogens (tertiary/aromatic N) is 1. The van der Waals surface area contributed by atoms with Crippen molar-refractivity contribution in [1.29, 1.82) is 0 Å². The zero-order valence-corrected chi connectivity index (χ0v) is 7.64. The second-order valence-corrected chi connectivity index (χ2v) is 2.74. The fraction of sp³-hybridized carbons (Fsp3) is 0.250. The Balaban J connectivity index is 3.33. The third-order valence-corrected chi connectivity index (χ3v) is 1.82. The maximum absolute atomic E-state index is 10.6. The molecule has 1 aromatic heterocycles. The molecule has 1 heterocycles. The Kier molecular flexibility index (Phi) is 2.65. The van der Waals surface area contributed by atoms with Gasteiger partial charge in [-0.15, -0.1) is 0 Å². The van der Waals surface area contributed by atoms with Crippen LogP contribution in [-0.4, -0.2) is 18.3 Å². The molecule has 1 N–H and O–H groups in total. The summed E-state index contributed by atoms with van der Waals surface area (Å²) in [5.74, 6) is 0. The van der Waals surface area contributed by atoms with E-state index >= 15 is 0 Å². The molecule has 1 rings (SSSR count). The number of rotatable bonds is 2. The first kappa shape index (κ1) is 9.00. The van der Waals surface area contributed by atoms with Gasteiger partial charge in [-0.2, -0.15) is 0 Å². The third kappa shape index (κ3) is 1.56. The van der Waals surface area contributed by atoms with Gasteiger partial charge in [0.05, 0.1) is 5.56 Å². The summed E-state index contributed by atoms with van der Waals surface area (Å²) < 4.78 is 0. The Labute approximate surface area is 75.8 Å². The minimum atomic E-state index is 0.245. The number of halogens is 1.